The van der Waals surface area contributed by atoms with E-state index in [2.05, 4.69) is 53.2 Å². The van der Waals surface area contributed by atoms with E-state index in [0.29, 0.717) is 6.54 Å². The highest BCUT2D eigenvalue weighted by molar-refractivity contribution is 5.79. The Morgan fingerprint density at radius 2 is 1.72 bits per heavy atom. The summed E-state index contributed by atoms with van der Waals surface area (Å²) in [6.45, 7) is 9.34. The zero-order valence-corrected chi connectivity index (χ0v) is 17.5. The summed E-state index contributed by atoms with van der Waals surface area (Å²) >= 11 is 0. The zero-order chi connectivity index (χ0) is 20.6. The monoisotopic (exact) mass is 397 g/mol. The molecule has 4 nitrogen and oxygen atoms in total. The first-order valence-corrected chi connectivity index (χ1v) is 10.7. The molecule has 0 spiro atoms. The first-order valence-electron chi connectivity index (χ1n) is 10.7. The van der Waals surface area contributed by atoms with Crippen LogP contribution in [0.25, 0.3) is 0 Å². The number of hydrogen-bond acceptors (Lipinski definition) is 3. The van der Waals surface area contributed by atoms with Crippen LogP contribution in [0.15, 0.2) is 48.5 Å². The molecule has 0 aliphatic carbocycles. The number of benzene rings is 2. The van der Waals surface area contributed by atoms with E-state index in [9.17, 15) is 9.18 Å². The topological polar surface area (TPSA) is 35.6 Å². The van der Waals surface area contributed by atoms with Crippen molar-refractivity contribution in [2.75, 3.05) is 31.1 Å². The minimum atomic E-state index is -0.213. The number of amides is 1. The molecule has 1 heterocycles. The van der Waals surface area contributed by atoms with E-state index in [-0.39, 0.29) is 17.6 Å². The van der Waals surface area contributed by atoms with Crippen LogP contribution in [0, 0.1) is 11.7 Å². The standard InChI is InChI=1S/C24H32FN3O/c1-3-28(4-2)23-13-9-19(10-14-23)16-26-24(29)21-6-5-15-27(18-21)17-20-7-11-22(25)12-8-20/h7-14,21H,3-6,15-18H2,1-2H3,(H,26,29)/t21-/m0/s1. The summed E-state index contributed by atoms with van der Waals surface area (Å²) in [5.41, 5.74) is 3.42. The number of nitrogens with one attached hydrogen (secondary N) is 1. The third-order valence-electron chi connectivity index (χ3n) is 5.73. The van der Waals surface area contributed by atoms with Gasteiger partial charge in [-0.05, 0) is 68.6 Å². The lowest BCUT2D eigenvalue weighted by Gasteiger charge is -2.32. The molecule has 0 saturated carbocycles. The summed E-state index contributed by atoms with van der Waals surface area (Å²) in [5, 5.41) is 3.11. The average Bonchev–Trinajstić information content (AvgIpc) is 2.75. The number of piperidine rings is 1. The number of rotatable bonds is 8. The predicted molar refractivity (Wildman–Crippen MR) is 116 cm³/mol. The van der Waals surface area contributed by atoms with Crippen LogP contribution in [-0.2, 0) is 17.9 Å². The smallest absolute Gasteiger partial charge is 0.224 e. The molecular weight excluding hydrogens is 365 g/mol. The van der Waals surface area contributed by atoms with Crippen molar-refractivity contribution in [1.82, 2.24) is 10.2 Å². The van der Waals surface area contributed by atoms with Gasteiger partial charge in [-0.1, -0.05) is 24.3 Å². The SMILES string of the molecule is CCN(CC)c1ccc(CNC(=O)[C@H]2CCCN(Cc3ccc(F)cc3)C2)cc1. The van der Waals surface area contributed by atoms with Crippen molar-refractivity contribution in [2.45, 2.75) is 39.8 Å². The summed E-state index contributed by atoms with van der Waals surface area (Å²) in [5.74, 6) is -0.0736. The van der Waals surface area contributed by atoms with Crippen LogP contribution >= 0.6 is 0 Å². The van der Waals surface area contributed by atoms with Crippen LogP contribution < -0.4 is 10.2 Å². The van der Waals surface area contributed by atoms with Gasteiger partial charge in [-0.25, -0.2) is 4.39 Å². The molecule has 0 radical (unpaired) electrons. The van der Waals surface area contributed by atoms with E-state index in [1.54, 1.807) is 0 Å². The van der Waals surface area contributed by atoms with Gasteiger partial charge in [-0.2, -0.15) is 0 Å². The van der Waals surface area contributed by atoms with Gasteiger partial charge in [-0.15, -0.1) is 0 Å². The molecule has 156 valence electrons. The Hall–Kier alpha value is -2.40. The van der Waals surface area contributed by atoms with Crippen LogP contribution in [0.3, 0.4) is 0 Å². The molecule has 0 unspecified atom stereocenters. The number of likely N-dealkylation sites (tertiary alicyclic amines) is 1. The molecule has 1 saturated heterocycles. The number of halogens is 1. The van der Waals surface area contributed by atoms with Crippen molar-refractivity contribution in [3.63, 3.8) is 0 Å². The highest BCUT2D eigenvalue weighted by Gasteiger charge is 2.25. The molecule has 2 aromatic rings. The zero-order valence-electron chi connectivity index (χ0n) is 17.5. The maximum atomic E-state index is 13.1. The number of anilines is 1. The van der Waals surface area contributed by atoms with Gasteiger partial charge >= 0.3 is 0 Å². The van der Waals surface area contributed by atoms with Crippen molar-refractivity contribution in [3.05, 3.63) is 65.5 Å². The van der Waals surface area contributed by atoms with Crippen molar-refractivity contribution >= 4 is 11.6 Å². The summed E-state index contributed by atoms with van der Waals surface area (Å²) in [4.78, 5) is 17.3. The van der Waals surface area contributed by atoms with Gasteiger partial charge in [-0.3, -0.25) is 9.69 Å². The van der Waals surface area contributed by atoms with Crippen molar-refractivity contribution < 1.29 is 9.18 Å². The first kappa shape index (κ1) is 21.3. The maximum Gasteiger partial charge on any atom is 0.224 e. The Balaban J connectivity index is 1.49. The summed E-state index contributed by atoms with van der Waals surface area (Å²) in [6.07, 6.45) is 1.94. The van der Waals surface area contributed by atoms with Gasteiger partial charge in [0.1, 0.15) is 5.82 Å². The highest BCUT2D eigenvalue weighted by Crippen LogP contribution is 2.20. The lowest BCUT2D eigenvalue weighted by atomic mass is 9.96. The molecule has 1 amide bonds. The maximum absolute atomic E-state index is 13.1. The Bertz CT molecular complexity index is 772. The molecule has 0 aromatic heterocycles. The minimum Gasteiger partial charge on any atom is -0.372 e. The number of hydrogen-bond donors (Lipinski definition) is 1. The number of carbonyl (C=O) groups excluding carboxylic acids is 1. The third-order valence-corrected chi connectivity index (χ3v) is 5.73. The minimum absolute atomic E-state index is 0.0131. The van der Waals surface area contributed by atoms with E-state index in [0.717, 1.165) is 56.7 Å². The average molecular weight is 398 g/mol. The van der Waals surface area contributed by atoms with Crippen LogP contribution in [-0.4, -0.2) is 37.0 Å². The van der Waals surface area contributed by atoms with E-state index in [1.807, 2.05) is 12.1 Å². The third kappa shape index (κ3) is 6.04. The molecule has 1 aliphatic rings. The van der Waals surface area contributed by atoms with E-state index in [4.69, 9.17) is 0 Å². The fourth-order valence-electron chi connectivity index (χ4n) is 4.01. The van der Waals surface area contributed by atoms with E-state index in [1.165, 1.54) is 17.8 Å². The molecule has 1 atom stereocenters. The van der Waals surface area contributed by atoms with Gasteiger partial charge in [0.15, 0.2) is 0 Å². The fourth-order valence-corrected chi connectivity index (χ4v) is 4.01. The molecule has 1 N–H and O–H groups in total. The largest absolute Gasteiger partial charge is 0.372 e. The first-order chi connectivity index (χ1) is 14.1. The van der Waals surface area contributed by atoms with Gasteiger partial charge in [0.2, 0.25) is 5.91 Å². The normalized spacial score (nSPS) is 17.1. The van der Waals surface area contributed by atoms with Crippen molar-refractivity contribution in [1.29, 1.82) is 0 Å². The molecule has 5 heteroatoms. The fraction of sp³-hybridized carbons (Fsp3) is 0.458. The van der Waals surface area contributed by atoms with Crippen LogP contribution in [0.1, 0.15) is 37.8 Å². The second-order valence-electron chi connectivity index (χ2n) is 7.76. The molecular formula is C24H32FN3O. The Morgan fingerprint density at radius 3 is 2.38 bits per heavy atom. The molecule has 1 fully saturated rings. The van der Waals surface area contributed by atoms with Crippen LogP contribution in [0.5, 0.6) is 0 Å². The Morgan fingerprint density at radius 1 is 1.07 bits per heavy atom. The van der Waals surface area contributed by atoms with Crippen molar-refractivity contribution in [2.24, 2.45) is 5.92 Å². The Labute approximate surface area is 173 Å². The van der Waals surface area contributed by atoms with Gasteiger partial charge in [0.05, 0.1) is 5.92 Å². The van der Waals surface area contributed by atoms with Gasteiger partial charge < -0.3 is 10.2 Å². The predicted octanol–water partition coefficient (Wildman–Crippen LogP) is 4.20. The van der Waals surface area contributed by atoms with Crippen molar-refractivity contribution in [3.8, 4) is 0 Å². The summed E-state index contributed by atoms with van der Waals surface area (Å²) in [6, 6.07) is 15.1. The molecule has 2 aromatic carbocycles. The molecule has 29 heavy (non-hydrogen) atoms. The van der Waals surface area contributed by atoms with Gasteiger partial charge in [0, 0.05) is 38.4 Å². The van der Waals surface area contributed by atoms with Gasteiger partial charge in [0.25, 0.3) is 0 Å². The quantitative estimate of drug-likeness (QED) is 0.725. The molecule has 0 bridgehead atoms. The van der Waals surface area contributed by atoms with Crippen LogP contribution in [0.2, 0.25) is 0 Å². The second kappa shape index (κ2) is 10.4. The summed E-state index contributed by atoms with van der Waals surface area (Å²) < 4.78 is 13.1. The Kier molecular flexibility index (Phi) is 7.64. The van der Waals surface area contributed by atoms with Crippen LogP contribution in [0.4, 0.5) is 10.1 Å². The van der Waals surface area contributed by atoms with E-state index >= 15 is 0 Å². The molecule has 3 rings (SSSR count). The molecule has 1 aliphatic heterocycles. The second-order valence-corrected chi connectivity index (χ2v) is 7.76. The summed E-state index contributed by atoms with van der Waals surface area (Å²) in [7, 11) is 0. The lowest BCUT2D eigenvalue weighted by molar-refractivity contribution is -0.126. The number of nitrogens with zero attached hydrogens (tertiary/aromatic N) is 2. The lowest BCUT2D eigenvalue weighted by Crippen LogP contribution is -2.42. The highest BCUT2D eigenvalue weighted by atomic mass is 19.1. The number of carbonyl (C=O) groups is 1. The van der Waals surface area contributed by atoms with E-state index < -0.39 is 0 Å².